The highest BCUT2D eigenvalue weighted by Crippen LogP contribution is 2.38. The third-order valence-corrected chi connectivity index (χ3v) is 6.14. The van der Waals surface area contributed by atoms with E-state index in [-0.39, 0.29) is 25.0 Å². The van der Waals surface area contributed by atoms with E-state index in [9.17, 15) is 9.59 Å². The van der Waals surface area contributed by atoms with Crippen LogP contribution >= 0.6 is 22.7 Å². The van der Waals surface area contributed by atoms with Crippen LogP contribution in [0.1, 0.15) is 10.6 Å². The van der Waals surface area contributed by atoms with Gasteiger partial charge in [0.2, 0.25) is 5.91 Å². The molecule has 0 spiro atoms. The van der Waals surface area contributed by atoms with Crippen LogP contribution in [0.2, 0.25) is 0 Å². The Bertz CT molecular complexity index is 1170. The predicted molar refractivity (Wildman–Crippen MR) is 117 cm³/mol. The Hall–Kier alpha value is -2.97. The number of benzene rings is 2. The van der Waals surface area contributed by atoms with Gasteiger partial charge >= 0.3 is 0 Å². The lowest BCUT2D eigenvalue weighted by atomic mass is 10.2. The Kier molecular flexibility index (Phi) is 5.73. The van der Waals surface area contributed by atoms with Crippen molar-refractivity contribution in [1.82, 2.24) is 15.6 Å². The molecular weight excluding hydrogens is 406 g/mol. The van der Waals surface area contributed by atoms with Crippen molar-refractivity contribution in [3.05, 3.63) is 58.4 Å². The van der Waals surface area contributed by atoms with Gasteiger partial charge in [0.25, 0.3) is 5.91 Å². The first-order valence-corrected chi connectivity index (χ1v) is 10.8. The summed E-state index contributed by atoms with van der Waals surface area (Å²) in [5, 5.41) is 9.29. The van der Waals surface area contributed by atoms with E-state index in [0.717, 1.165) is 30.9 Å². The molecule has 0 saturated heterocycles. The van der Waals surface area contributed by atoms with Crippen LogP contribution in [0.15, 0.2) is 47.8 Å². The molecule has 148 valence electrons. The lowest BCUT2D eigenvalue weighted by Gasteiger charge is -2.09. The normalized spacial score (nSPS) is 10.9. The van der Waals surface area contributed by atoms with Crippen molar-refractivity contribution in [3.63, 3.8) is 0 Å². The number of carbonyl (C=O) groups is 2. The number of carbonyl (C=O) groups excluding carboxylic acids is 2. The lowest BCUT2D eigenvalue weighted by Crippen LogP contribution is -2.38. The maximum Gasteiger partial charge on any atom is 0.258 e. The number of thiazole rings is 1. The summed E-state index contributed by atoms with van der Waals surface area (Å²) < 4.78 is 7.85. The highest BCUT2D eigenvalue weighted by atomic mass is 32.1. The topological polar surface area (TPSA) is 80.3 Å². The molecule has 2 amide bonds. The second kappa shape index (κ2) is 8.59. The molecule has 2 aromatic carbocycles. The third kappa shape index (κ3) is 4.55. The molecule has 0 unspecified atom stereocenters. The number of nitrogens with zero attached hydrogens (tertiary/aromatic N) is 1. The van der Waals surface area contributed by atoms with E-state index in [1.54, 1.807) is 22.7 Å². The van der Waals surface area contributed by atoms with Crippen LogP contribution in [0.5, 0.6) is 5.75 Å². The Labute approximate surface area is 175 Å². The van der Waals surface area contributed by atoms with Crippen molar-refractivity contribution in [2.45, 2.75) is 13.5 Å². The molecular formula is C21H19N3O3S2. The van der Waals surface area contributed by atoms with Crippen LogP contribution in [-0.4, -0.2) is 29.9 Å². The minimum absolute atomic E-state index is 0.0873. The fourth-order valence-corrected chi connectivity index (χ4v) is 4.77. The van der Waals surface area contributed by atoms with Crippen LogP contribution in [0.3, 0.4) is 0 Å². The first-order chi connectivity index (χ1) is 14.1. The van der Waals surface area contributed by atoms with Gasteiger partial charge in [-0.2, -0.15) is 0 Å². The number of amides is 2. The number of ether oxygens (including phenoxy) is 1. The summed E-state index contributed by atoms with van der Waals surface area (Å²) in [7, 11) is 0. The van der Waals surface area contributed by atoms with Crippen molar-refractivity contribution in [2.75, 3.05) is 13.2 Å². The molecule has 29 heavy (non-hydrogen) atoms. The molecule has 6 nitrogen and oxygen atoms in total. The van der Waals surface area contributed by atoms with E-state index in [2.05, 4.69) is 15.6 Å². The molecule has 4 rings (SSSR count). The molecule has 4 aromatic rings. The van der Waals surface area contributed by atoms with Gasteiger partial charge in [0.1, 0.15) is 5.75 Å². The van der Waals surface area contributed by atoms with Gasteiger partial charge in [-0.25, -0.2) is 4.98 Å². The molecule has 0 atom stereocenters. The van der Waals surface area contributed by atoms with Gasteiger partial charge in [0.15, 0.2) is 6.61 Å². The standard InChI is InChI=1S/C21H19N3O3S2/c1-13-24-20-17(29-13)9-16(15-7-8-28-21(15)20)27-12-19(26)23-11-18(25)22-10-14-5-3-2-4-6-14/h2-9H,10-12H2,1H3,(H,22,25)(H,23,26). The summed E-state index contributed by atoms with van der Waals surface area (Å²) in [5.74, 6) is 0.0638. The minimum Gasteiger partial charge on any atom is -0.483 e. The second-order valence-electron chi connectivity index (χ2n) is 6.45. The van der Waals surface area contributed by atoms with Gasteiger partial charge in [-0.1, -0.05) is 30.3 Å². The van der Waals surface area contributed by atoms with Crippen molar-refractivity contribution in [2.24, 2.45) is 0 Å². The molecule has 0 radical (unpaired) electrons. The Morgan fingerprint density at radius 2 is 1.93 bits per heavy atom. The zero-order valence-electron chi connectivity index (χ0n) is 15.7. The number of hydrogen-bond donors (Lipinski definition) is 2. The van der Waals surface area contributed by atoms with Gasteiger partial charge in [0.05, 0.1) is 26.5 Å². The number of aromatic nitrogens is 1. The maximum atomic E-state index is 12.1. The zero-order valence-corrected chi connectivity index (χ0v) is 17.4. The molecule has 0 aliphatic heterocycles. The van der Waals surface area contributed by atoms with E-state index in [1.165, 1.54) is 0 Å². The summed E-state index contributed by atoms with van der Waals surface area (Å²) in [5.41, 5.74) is 1.98. The molecule has 2 aromatic heterocycles. The average Bonchev–Trinajstić information content (AvgIpc) is 3.35. The van der Waals surface area contributed by atoms with Crippen molar-refractivity contribution >= 4 is 54.8 Å². The fraction of sp³-hybridized carbons (Fsp3) is 0.190. The van der Waals surface area contributed by atoms with Crippen LogP contribution in [0.4, 0.5) is 0 Å². The molecule has 8 heteroatoms. The third-order valence-electron chi connectivity index (χ3n) is 4.31. The summed E-state index contributed by atoms with van der Waals surface area (Å²) in [6, 6.07) is 13.5. The van der Waals surface area contributed by atoms with Gasteiger partial charge in [-0.05, 0) is 23.9 Å². The van der Waals surface area contributed by atoms with Crippen LogP contribution in [0.25, 0.3) is 20.3 Å². The quantitative estimate of drug-likeness (QED) is 0.474. The molecule has 2 N–H and O–H groups in total. The highest BCUT2D eigenvalue weighted by molar-refractivity contribution is 7.21. The molecule has 0 aliphatic carbocycles. The van der Waals surface area contributed by atoms with Crippen LogP contribution < -0.4 is 15.4 Å². The van der Waals surface area contributed by atoms with E-state index in [0.29, 0.717) is 12.3 Å². The first kappa shape index (κ1) is 19.4. The number of aryl methyl sites for hydroxylation is 1. The zero-order chi connectivity index (χ0) is 20.2. The SMILES string of the molecule is Cc1nc2c(cc(OCC(=O)NCC(=O)NCc3ccccc3)c3ccsc32)s1. The first-order valence-electron chi connectivity index (χ1n) is 9.07. The smallest absolute Gasteiger partial charge is 0.258 e. The van der Waals surface area contributed by atoms with Crippen LogP contribution in [-0.2, 0) is 16.1 Å². The van der Waals surface area contributed by atoms with E-state index in [1.807, 2.05) is 54.8 Å². The van der Waals surface area contributed by atoms with E-state index in [4.69, 9.17) is 4.74 Å². The number of thiophene rings is 1. The predicted octanol–water partition coefficient (Wildman–Crippen LogP) is 3.63. The summed E-state index contributed by atoms with van der Waals surface area (Å²) in [6.45, 7) is 2.16. The van der Waals surface area contributed by atoms with Gasteiger partial charge in [0, 0.05) is 18.0 Å². The average molecular weight is 426 g/mol. The van der Waals surface area contributed by atoms with Gasteiger partial charge in [-0.15, -0.1) is 22.7 Å². The molecule has 0 bridgehead atoms. The van der Waals surface area contributed by atoms with E-state index >= 15 is 0 Å². The second-order valence-corrected chi connectivity index (χ2v) is 8.60. The van der Waals surface area contributed by atoms with Crippen LogP contribution in [0, 0.1) is 6.92 Å². The number of rotatable bonds is 7. The number of hydrogen-bond acceptors (Lipinski definition) is 6. The molecule has 0 saturated carbocycles. The van der Waals surface area contributed by atoms with E-state index < -0.39 is 0 Å². The number of fused-ring (bicyclic) bond motifs is 3. The van der Waals surface area contributed by atoms with Gasteiger partial charge < -0.3 is 15.4 Å². The minimum atomic E-state index is -0.344. The number of nitrogens with one attached hydrogen (secondary N) is 2. The summed E-state index contributed by atoms with van der Waals surface area (Å²) in [6.07, 6.45) is 0. The van der Waals surface area contributed by atoms with Gasteiger partial charge in [-0.3, -0.25) is 9.59 Å². The van der Waals surface area contributed by atoms with Crippen molar-refractivity contribution < 1.29 is 14.3 Å². The highest BCUT2D eigenvalue weighted by Gasteiger charge is 2.14. The van der Waals surface area contributed by atoms with Crippen molar-refractivity contribution in [1.29, 1.82) is 0 Å². The molecule has 0 fully saturated rings. The fourth-order valence-electron chi connectivity index (χ4n) is 2.94. The Balaban J connectivity index is 1.31. The molecule has 0 aliphatic rings. The van der Waals surface area contributed by atoms with Crippen molar-refractivity contribution in [3.8, 4) is 5.75 Å². The largest absolute Gasteiger partial charge is 0.483 e. The Morgan fingerprint density at radius 1 is 1.10 bits per heavy atom. The molecule has 2 heterocycles. The maximum absolute atomic E-state index is 12.1. The summed E-state index contributed by atoms with van der Waals surface area (Å²) in [4.78, 5) is 28.6. The Morgan fingerprint density at radius 3 is 2.76 bits per heavy atom. The monoisotopic (exact) mass is 425 g/mol. The summed E-state index contributed by atoms with van der Waals surface area (Å²) >= 11 is 3.21. The lowest BCUT2D eigenvalue weighted by molar-refractivity contribution is -0.127.